The van der Waals surface area contributed by atoms with Crippen molar-refractivity contribution in [1.82, 2.24) is 19.6 Å². The summed E-state index contributed by atoms with van der Waals surface area (Å²) in [4.78, 5) is 22.6. The lowest BCUT2D eigenvalue weighted by atomic mass is 10.1. The fraction of sp³-hybridized carbons (Fsp3) is 0.235. The number of halogens is 1. The van der Waals surface area contributed by atoms with Gasteiger partial charge in [-0.05, 0) is 40.3 Å². The predicted molar refractivity (Wildman–Crippen MR) is 102 cm³/mol. The minimum Gasteiger partial charge on any atom is -0.358 e. The lowest BCUT2D eigenvalue weighted by Crippen LogP contribution is -2.20. The topological polar surface area (TPSA) is 108 Å². The Bertz CT molecular complexity index is 1010. The third kappa shape index (κ3) is 4.40. The summed E-state index contributed by atoms with van der Waals surface area (Å²) in [6, 6.07) is 8.10. The molecule has 2 heterocycles. The zero-order chi connectivity index (χ0) is 19.6. The Labute approximate surface area is 163 Å². The fourth-order valence-electron chi connectivity index (χ4n) is 2.63. The van der Waals surface area contributed by atoms with Gasteiger partial charge in [0.1, 0.15) is 11.0 Å². The summed E-state index contributed by atoms with van der Waals surface area (Å²) in [5.41, 5.74) is 3.33. The molecule has 1 amide bonds. The van der Waals surface area contributed by atoms with Crippen LogP contribution in [0.3, 0.4) is 0 Å². The summed E-state index contributed by atoms with van der Waals surface area (Å²) in [7, 11) is 0. The van der Waals surface area contributed by atoms with Gasteiger partial charge in [0.15, 0.2) is 0 Å². The van der Waals surface area contributed by atoms with E-state index in [1.165, 1.54) is 10.2 Å². The molecule has 0 saturated carbocycles. The van der Waals surface area contributed by atoms with Crippen LogP contribution in [0.5, 0.6) is 0 Å². The molecule has 0 aliphatic carbocycles. The predicted octanol–water partition coefficient (Wildman–Crippen LogP) is 3.05. The summed E-state index contributed by atoms with van der Waals surface area (Å²) >= 11 is 3.13. The smallest absolute Gasteiger partial charge is 0.358 e. The lowest BCUT2D eigenvalue weighted by molar-refractivity contribution is -0.390. The van der Waals surface area contributed by atoms with Crippen LogP contribution in [-0.4, -0.2) is 30.4 Å². The van der Waals surface area contributed by atoms with Gasteiger partial charge in [-0.25, -0.2) is 0 Å². The van der Waals surface area contributed by atoms with Crippen LogP contribution in [0.15, 0.2) is 41.1 Å². The first-order valence-corrected chi connectivity index (χ1v) is 8.88. The standard InChI is InChI=1S/C17H17BrN6O3/c1-11-4-3-5-13(6-11)8-22-9-14(7-19-22)20-15(25)10-23-12(2)16(18)17(21-23)24(26)27/h3-7,9H,8,10H2,1-2H3,(H,20,25). The summed E-state index contributed by atoms with van der Waals surface area (Å²) in [5.74, 6) is -0.663. The first-order chi connectivity index (χ1) is 12.8. The van der Waals surface area contributed by atoms with Gasteiger partial charge in [-0.2, -0.15) is 9.78 Å². The maximum Gasteiger partial charge on any atom is 0.404 e. The molecule has 0 unspecified atom stereocenters. The molecule has 9 nitrogen and oxygen atoms in total. The molecule has 0 saturated heterocycles. The van der Waals surface area contributed by atoms with Crippen LogP contribution in [-0.2, 0) is 17.9 Å². The molecule has 10 heteroatoms. The van der Waals surface area contributed by atoms with E-state index in [0.717, 1.165) is 5.56 Å². The molecule has 0 atom stereocenters. The van der Waals surface area contributed by atoms with Gasteiger partial charge in [-0.3, -0.25) is 9.48 Å². The molecule has 3 aromatic rings. The Hall–Kier alpha value is -3.01. The van der Waals surface area contributed by atoms with Gasteiger partial charge in [-0.1, -0.05) is 29.8 Å². The number of benzene rings is 1. The van der Waals surface area contributed by atoms with Gasteiger partial charge in [-0.15, -0.1) is 0 Å². The minimum absolute atomic E-state index is 0.138. The van der Waals surface area contributed by atoms with Crippen molar-refractivity contribution in [2.75, 3.05) is 5.32 Å². The number of rotatable bonds is 6. The van der Waals surface area contributed by atoms with Gasteiger partial charge in [0.25, 0.3) is 0 Å². The summed E-state index contributed by atoms with van der Waals surface area (Å²) < 4.78 is 3.28. The number of amides is 1. The molecule has 0 aliphatic rings. The first kappa shape index (κ1) is 18.8. The van der Waals surface area contributed by atoms with E-state index >= 15 is 0 Å². The van der Waals surface area contributed by atoms with Gasteiger partial charge >= 0.3 is 5.82 Å². The highest BCUT2D eigenvalue weighted by Gasteiger charge is 2.24. The van der Waals surface area contributed by atoms with Crippen molar-refractivity contribution in [1.29, 1.82) is 0 Å². The van der Waals surface area contributed by atoms with E-state index in [-0.39, 0.29) is 22.7 Å². The Morgan fingerprint density at radius 1 is 1.37 bits per heavy atom. The Morgan fingerprint density at radius 3 is 2.81 bits per heavy atom. The van der Waals surface area contributed by atoms with E-state index in [0.29, 0.717) is 17.9 Å². The van der Waals surface area contributed by atoms with Gasteiger partial charge in [0, 0.05) is 6.20 Å². The van der Waals surface area contributed by atoms with Crippen LogP contribution in [0.4, 0.5) is 11.5 Å². The van der Waals surface area contributed by atoms with Crippen LogP contribution in [0.2, 0.25) is 0 Å². The van der Waals surface area contributed by atoms with Crippen LogP contribution in [0, 0.1) is 24.0 Å². The third-order valence-corrected chi connectivity index (χ3v) is 4.86. The molecule has 0 bridgehead atoms. The van der Waals surface area contributed by atoms with Crippen molar-refractivity contribution < 1.29 is 9.72 Å². The SMILES string of the molecule is Cc1cccc(Cn2cc(NC(=O)Cn3nc([N+](=O)[O-])c(Br)c3C)cn2)c1. The lowest BCUT2D eigenvalue weighted by Gasteiger charge is -2.03. The van der Waals surface area contributed by atoms with Crippen molar-refractivity contribution in [3.05, 3.63) is 68.1 Å². The molecule has 27 heavy (non-hydrogen) atoms. The van der Waals surface area contributed by atoms with E-state index in [9.17, 15) is 14.9 Å². The van der Waals surface area contributed by atoms with E-state index in [4.69, 9.17) is 0 Å². The van der Waals surface area contributed by atoms with E-state index in [2.05, 4.69) is 37.5 Å². The van der Waals surface area contributed by atoms with Crippen LogP contribution in [0.25, 0.3) is 0 Å². The highest BCUT2D eigenvalue weighted by atomic mass is 79.9. The van der Waals surface area contributed by atoms with Crippen molar-refractivity contribution in [3.8, 4) is 0 Å². The molecule has 1 aromatic carbocycles. The van der Waals surface area contributed by atoms with Gasteiger partial charge in [0.2, 0.25) is 5.91 Å². The molecule has 3 rings (SSSR count). The zero-order valence-corrected chi connectivity index (χ0v) is 16.3. The molecule has 0 radical (unpaired) electrons. The quantitative estimate of drug-likeness (QED) is 0.475. The fourth-order valence-corrected chi connectivity index (χ4v) is 3.06. The Balaban J connectivity index is 1.64. The van der Waals surface area contributed by atoms with Crippen molar-refractivity contribution in [2.24, 2.45) is 0 Å². The average molecular weight is 433 g/mol. The number of anilines is 1. The molecular weight excluding hydrogens is 416 g/mol. The number of carbonyl (C=O) groups is 1. The third-order valence-electron chi connectivity index (χ3n) is 3.93. The minimum atomic E-state index is -0.596. The largest absolute Gasteiger partial charge is 0.404 e. The number of carbonyl (C=O) groups excluding carboxylic acids is 1. The number of hydrogen-bond acceptors (Lipinski definition) is 5. The second kappa shape index (κ2) is 7.70. The zero-order valence-electron chi connectivity index (χ0n) is 14.7. The normalized spacial score (nSPS) is 10.8. The van der Waals surface area contributed by atoms with E-state index in [1.807, 2.05) is 25.1 Å². The number of aromatic nitrogens is 4. The summed E-state index contributed by atoms with van der Waals surface area (Å²) in [6.07, 6.45) is 3.29. The molecular formula is C17H17BrN6O3. The van der Waals surface area contributed by atoms with E-state index in [1.54, 1.807) is 24.0 Å². The Morgan fingerprint density at radius 2 is 2.15 bits per heavy atom. The molecule has 140 valence electrons. The second-order valence-corrected chi connectivity index (χ2v) is 6.89. The average Bonchev–Trinajstić information content (AvgIpc) is 3.14. The van der Waals surface area contributed by atoms with Crippen molar-refractivity contribution >= 4 is 33.3 Å². The maximum absolute atomic E-state index is 12.2. The highest BCUT2D eigenvalue weighted by Crippen LogP contribution is 2.26. The number of nitro groups is 1. The highest BCUT2D eigenvalue weighted by molar-refractivity contribution is 9.10. The van der Waals surface area contributed by atoms with Crippen LogP contribution < -0.4 is 5.32 Å². The molecule has 0 spiro atoms. The van der Waals surface area contributed by atoms with Crippen molar-refractivity contribution in [3.63, 3.8) is 0 Å². The second-order valence-electron chi connectivity index (χ2n) is 6.10. The number of nitrogens with one attached hydrogen (secondary N) is 1. The summed E-state index contributed by atoms with van der Waals surface area (Å²) in [5, 5.41) is 21.7. The number of hydrogen-bond donors (Lipinski definition) is 1. The van der Waals surface area contributed by atoms with Crippen molar-refractivity contribution in [2.45, 2.75) is 26.9 Å². The molecule has 2 aromatic heterocycles. The summed E-state index contributed by atoms with van der Waals surface area (Å²) in [6.45, 7) is 4.13. The molecule has 0 fully saturated rings. The molecule has 1 N–H and O–H groups in total. The number of nitrogens with zero attached hydrogens (tertiary/aromatic N) is 5. The van der Waals surface area contributed by atoms with Gasteiger partial charge in [0.05, 0.1) is 29.2 Å². The Kier molecular flexibility index (Phi) is 5.36. The van der Waals surface area contributed by atoms with Crippen LogP contribution >= 0.6 is 15.9 Å². The monoisotopic (exact) mass is 432 g/mol. The van der Waals surface area contributed by atoms with Crippen LogP contribution in [0.1, 0.15) is 16.8 Å². The first-order valence-electron chi connectivity index (χ1n) is 8.08. The van der Waals surface area contributed by atoms with E-state index < -0.39 is 4.92 Å². The van der Waals surface area contributed by atoms with Gasteiger partial charge < -0.3 is 15.4 Å². The molecule has 0 aliphatic heterocycles. The number of aryl methyl sites for hydroxylation is 1. The maximum atomic E-state index is 12.2.